The fourth-order valence-corrected chi connectivity index (χ4v) is 1.30. The molecule has 72 valence electrons. The van der Waals surface area contributed by atoms with E-state index in [2.05, 4.69) is 24.4 Å². The average molecular weight is 179 g/mol. The molecule has 1 aromatic rings. The molecule has 0 aliphatic rings. The van der Waals surface area contributed by atoms with Gasteiger partial charge in [-0.05, 0) is 31.0 Å². The minimum atomic E-state index is -0.489. The van der Waals surface area contributed by atoms with Crippen molar-refractivity contribution in [1.29, 1.82) is 0 Å². The summed E-state index contributed by atoms with van der Waals surface area (Å²) in [6.45, 7) is 3.88. The molecule has 1 unspecified atom stereocenters. The zero-order chi connectivity index (χ0) is 9.68. The fourth-order valence-electron chi connectivity index (χ4n) is 1.30. The number of rotatable bonds is 4. The van der Waals surface area contributed by atoms with Gasteiger partial charge in [0.25, 0.3) is 0 Å². The summed E-state index contributed by atoms with van der Waals surface area (Å²) in [6.07, 6.45) is 1.80. The lowest BCUT2D eigenvalue weighted by Gasteiger charge is -2.09. The van der Waals surface area contributed by atoms with E-state index >= 15 is 0 Å². The Bertz CT molecular complexity index is 241. The Balaban J connectivity index is 2.59. The van der Waals surface area contributed by atoms with Crippen molar-refractivity contribution in [3.05, 3.63) is 29.8 Å². The van der Waals surface area contributed by atoms with Crippen LogP contribution in [0.3, 0.4) is 0 Å². The van der Waals surface area contributed by atoms with Crippen LogP contribution in [0.5, 0.6) is 0 Å². The molecule has 0 amide bonds. The minimum absolute atomic E-state index is 0.489. The molecule has 0 radical (unpaired) electrons. The Labute approximate surface area is 79.6 Å². The van der Waals surface area contributed by atoms with Crippen LogP contribution in [-0.4, -0.2) is 11.3 Å². The van der Waals surface area contributed by atoms with Gasteiger partial charge < -0.3 is 10.4 Å². The van der Waals surface area contributed by atoms with Gasteiger partial charge in [0.05, 0.1) is 0 Å². The summed E-state index contributed by atoms with van der Waals surface area (Å²) in [4.78, 5) is 0. The van der Waals surface area contributed by atoms with Gasteiger partial charge in [0.2, 0.25) is 0 Å². The Morgan fingerprint density at radius 3 is 2.38 bits per heavy atom. The van der Waals surface area contributed by atoms with Gasteiger partial charge >= 0.3 is 0 Å². The van der Waals surface area contributed by atoms with E-state index in [0.29, 0.717) is 0 Å². The van der Waals surface area contributed by atoms with Gasteiger partial charge in [0.1, 0.15) is 6.23 Å². The van der Waals surface area contributed by atoms with Gasteiger partial charge in [-0.3, -0.25) is 0 Å². The third-order valence-corrected chi connectivity index (χ3v) is 1.87. The quantitative estimate of drug-likeness (QED) is 0.695. The number of anilines is 1. The van der Waals surface area contributed by atoms with E-state index < -0.39 is 6.23 Å². The molecule has 0 bridgehead atoms. The van der Waals surface area contributed by atoms with Crippen LogP contribution in [-0.2, 0) is 6.42 Å². The summed E-state index contributed by atoms with van der Waals surface area (Å²) in [7, 11) is 0. The minimum Gasteiger partial charge on any atom is -0.374 e. The third kappa shape index (κ3) is 3.47. The second-order valence-electron chi connectivity index (χ2n) is 3.27. The number of hydrogen-bond acceptors (Lipinski definition) is 2. The van der Waals surface area contributed by atoms with Crippen molar-refractivity contribution in [3.8, 4) is 0 Å². The van der Waals surface area contributed by atoms with Gasteiger partial charge in [-0.2, -0.15) is 0 Å². The maximum atomic E-state index is 9.07. The molecule has 0 saturated carbocycles. The number of nitrogens with one attached hydrogen (secondary N) is 1. The van der Waals surface area contributed by atoms with Crippen molar-refractivity contribution in [2.45, 2.75) is 32.9 Å². The first-order chi connectivity index (χ1) is 6.22. The molecule has 0 heterocycles. The van der Waals surface area contributed by atoms with E-state index in [-0.39, 0.29) is 0 Å². The zero-order valence-corrected chi connectivity index (χ0v) is 8.25. The molecule has 0 fully saturated rings. The normalized spacial score (nSPS) is 12.5. The highest BCUT2D eigenvalue weighted by Gasteiger charge is 1.95. The van der Waals surface area contributed by atoms with E-state index in [9.17, 15) is 0 Å². The molecule has 13 heavy (non-hydrogen) atoms. The van der Waals surface area contributed by atoms with Crippen molar-refractivity contribution >= 4 is 5.69 Å². The summed E-state index contributed by atoms with van der Waals surface area (Å²) in [5.74, 6) is 0. The summed E-state index contributed by atoms with van der Waals surface area (Å²) in [6, 6.07) is 8.18. The Kier molecular flexibility index (Phi) is 3.77. The molecule has 0 aromatic heterocycles. The molecule has 2 heteroatoms. The highest BCUT2D eigenvalue weighted by Crippen LogP contribution is 2.11. The molecule has 0 saturated heterocycles. The van der Waals surface area contributed by atoms with Gasteiger partial charge in [0.15, 0.2) is 0 Å². The summed E-state index contributed by atoms with van der Waals surface area (Å²) in [5, 5.41) is 12.0. The van der Waals surface area contributed by atoms with Crippen LogP contribution in [0.2, 0.25) is 0 Å². The van der Waals surface area contributed by atoms with Crippen molar-refractivity contribution in [3.63, 3.8) is 0 Å². The van der Waals surface area contributed by atoms with Gasteiger partial charge in [-0.25, -0.2) is 0 Å². The maximum Gasteiger partial charge on any atom is 0.121 e. The Morgan fingerprint density at radius 2 is 1.92 bits per heavy atom. The van der Waals surface area contributed by atoms with Crippen molar-refractivity contribution in [1.82, 2.24) is 0 Å². The fraction of sp³-hybridized carbons (Fsp3) is 0.455. The van der Waals surface area contributed by atoms with Gasteiger partial charge in [-0.1, -0.05) is 25.5 Å². The van der Waals surface area contributed by atoms with Crippen LogP contribution >= 0.6 is 0 Å². The monoisotopic (exact) mass is 179 g/mol. The number of aliphatic hydroxyl groups excluding tert-OH is 1. The summed E-state index contributed by atoms with van der Waals surface area (Å²) >= 11 is 0. The van der Waals surface area contributed by atoms with E-state index in [1.807, 2.05) is 12.1 Å². The first-order valence-electron chi connectivity index (χ1n) is 4.76. The second-order valence-corrected chi connectivity index (χ2v) is 3.27. The number of hydrogen-bond donors (Lipinski definition) is 2. The first kappa shape index (κ1) is 10.1. The molecular formula is C11H17NO. The number of benzene rings is 1. The second kappa shape index (κ2) is 4.87. The summed E-state index contributed by atoms with van der Waals surface area (Å²) in [5.41, 5.74) is 2.31. The molecule has 2 N–H and O–H groups in total. The van der Waals surface area contributed by atoms with E-state index in [1.165, 1.54) is 12.0 Å². The lowest BCUT2D eigenvalue weighted by molar-refractivity contribution is 0.224. The lowest BCUT2D eigenvalue weighted by Crippen LogP contribution is -2.12. The van der Waals surface area contributed by atoms with Crippen LogP contribution in [0.1, 0.15) is 25.8 Å². The van der Waals surface area contributed by atoms with Crippen LogP contribution in [0.25, 0.3) is 0 Å². The molecule has 0 spiro atoms. The molecule has 0 aliphatic carbocycles. The standard InChI is InChI=1S/C11H17NO/c1-3-4-10-5-7-11(8-6-10)12-9(2)13/h5-9,12-13H,3-4H2,1-2H3. The van der Waals surface area contributed by atoms with E-state index in [0.717, 1.165) is 12.1 Å². The Morgan fingerprint density at radius 1 is 1.31 bits per heavy atom. The molecule has 1 atom stereocenters. The Hall–Kier alpha value is -1.02. The van der Waals surface area contributed by atoms with Crippen LogP contribution in [0.4, 0.5) is 5.69 Å². The van der Waals surface area contributed by atoms with Gasteiger partial charge in [-0.15, -0.1) is 0 Å². The van der Waals surface area contributed by atoms with Crippen molar-refractivity contribution in [2.75, 3.05) is 5.32 Å². The van der Waals surface area contributed by atoms with Crippen LogP contribution in [0.15, 0.2) is 24.3 Å². The highest BCUT2D eigenvalue weighted by molar-refractivity contribution is 5.44. The predicted molar refractivity (Wildman–Crippen MR) is 55.7 cm³/mol. The number of aryl methyl sites for hydroxylation is 1. The third-order valence-electron chi connectivity index (χ3n) is 1.87. The topological polar surface area (TPSA) is 32.3 Å². The smallest absolute Gasteiger partial charge is 0.121 e. The highest BCUT2D eigenvalue weighted by atomic mass is 16.3. The lowest BCUT2D eigenvalue weighted by atomic mass is 10.1. The average Bonchev–Trinajstić information content (AvgIpc) is 2.08. The maximum absolute atomic E-state index is 9.07. The molecule has 2 nitrogen and oxygen atoms in total. The van der Waals surface area contributed by atoms with Crippen molar-refractivity contribution in [2.24, 2.45) is 0 Å². The SMILES string of the molecule is CCCc1ccc(NC(C)O)cc1. The van der Waals surface area contributed by atoms with Gasteiger partial charge in [0, 0.05) is 5.69 Å². The molecule has 1 rings (SSSR count). The first-order valence-corrected chi connectivity index (χ1v) is 4.76. The molecular weight excluding hydrogens is 162 g/mol. The van der Waals surface area contributed by atoms with E-state index in [4.69, 9.17) is 5.11 Å². The van der Waals surface area contributed by atoms with Crippen LogP contribution < -0.4 is 5.32 Å². The largest absolute Gasteiger partial charge is 0.374 e. The van der Waals surface area contributed by atoms with E-state index in [1.54, 1.807) is 6.92 Å². The van der Waals surface area contributed by atoms with Crippen LogP contribution in [0, 0.1) is 0 Å². The predicted octanol–water partition coefficient (Wildman–Crippen LogP) is 2.39. The summed E-state index contributed by atoms with van der Waals surface area (Å²) < 4.78 is 0. The molecule has 1 aromatic carbocycles. The number of aliphatic hydroxyl groups is 1. The molecule has 0 aliphatic heterocycles. The zero-order valence-electron chi connectivity index (χ0n) is 8.25. The van der Waals surface area contributed by atoms with Crippen molar-refractivity contribution < 1.29 is 5.11 Å².